The molecular weight excluding hydrogens is 234 g/mol. The highest BCUT2D eigenvalue weighted by molar-refractivity contribution is 6.00. The Balaban J connectivity index is 2.59. The van der Waals surface area contributed by atoms with Gasteiger partial charge in [0.05, 0.1) is 18.2 Å². The quantitative estimate of drug-likeness (QED) is 0.658. The van der Waals surface area contributed by atoms with Gasteiger partial charge < -0.3 is 15.3 Å². The molecule has 0 heterocycles. The maximum Gasteiger partial charge on any atom is 0.180 e. The van der Waals surface area contributed by atoms with Crippen LogP contribution in [0.2, 0.25) is 0 Å². The van der Waals surface area contributed by atoms with Gasteiger partial charge in [-0.1, -0.05) is 0 Å². The van der Waals surface area contributed by atoms with Crippen molar-refractivity contribution >= 4 is 5.78 Å². The molecule has 1 atom stereocenters. The summed E-state index contributed by atoms with van der Waals surface area (Å²) in [5.74, 6) is -0.518. The van der Waals surface area contributed by atoms with E-state index < -0.39 is 6.10 Å². The van der Waals surface area contributed by atoms with Crippen LogP contribution < -0.4 is 0 Å². The van der Waals surface area contributed by atoms with Crippen LogP contribution in [-0.4, -0.2) is 52.2 Å². The van der Waals surface area contributed by atoms with E-state index in [0.29, 0.717) is 13.0 Å². The summed E-state index contributed by atoms with van der Waals surface area (Å²) >= 11 is 0. The van der Waals surface area contributed by atoms with Crippen LogP contribution in [0.1, 0.15) is 23.7 Å². The lowest BCUT2D eigenvalue weighted by Crippen LogP contribution is -2.28. The molecule has 5 nitrogen and oxygen atoms in total. The molecule has 1 unspecified atom stereocenters. The van der Waals surface area contributed by atoms with Gasteiger partial charge in [-0.05, 0) is 32.5 Å². The molecule has 0 aliphatic heterocycles. The Kier molecular flexibility index (Phi) is 5.12. The molecule has 1 aromatic carbocycles. The number of nitrogens with zero attached hydrogens (tertiary/aromatic N) is 1. The fourth-order valence-corrected chi connectivity index (χ4v) is 1.57. The summed E-state index contributed by atoms with van der Waals surface area (Å²) in [5.41, 5.74) is 0.191. The minimum atomic E-state index is -0.398. The molecule has 3 N–H and O–H groups in total. The van der Waals surface area contributed by atoms with E-state index in [9.17, 15) is 9.90 Å². The van der Waals surface area contributed by atoms with Crippen molar-refractivity contribution in [2.24, 2.45) is 0 Å². The lowest BCUT2D eigenvalue weighted by molar-refractivity contribution is 0.0929. The molecule has 0 aliphatic rings. The van der Waals surface area contributed by atoms with E-state index in [-0.39, 0.29) is 29.4 Å². The molecule has 0 aromatic heterocycles. The van der Waals surface area contributed by atoms with Crippen molar-refractivity contribution in [3.8, 4) is 11.5 Å². The third-order valence-corrected chi connectivity index (χ3v) is 2.62. The number of hydrogen-bond acceptors (Lipinski definition) is 5. The van der Waals surface area contributed by atoms with Gasteiger partial charge in [-0.2, -0.15) is 0 Å². The first kappa shape index (κ1) is 14.5. The van der Waals surface area contributed by atoms with Crippen LogP contribution in [0, 0.1) is 0 Å². The average Bonchev–Trinajstić information content (AvgIpc) is 2.26. The van der Waals surface area contributed by atoms with Crippen molar-refractivity contribution in [1.29, 1.82) is 0 Å². The maximum absolute atomic E-state index is 11.9. The molecule has 0 saturated heterocycles. The monoisotopic (exact) mass is 253 g/mol. The first-order valence-electron chi connectivity index (χ1n) is 5.82. The lowest BCUT2D eigenvalue weighted by atomic mass is 10.1. The number of Topliss-reactive ketones (excluding diaryl/α,β-unsaturated/α-hetero) is 1. The number of phenolic OH excluding ortho intramolecular Hbond substituents is 2. The highest BCUT2D eigenvalue weighted by Gasteiger charge is 2.14. The fourth-order valence-electron chi connectivity index (χ4n) is 1.57. The summed E-state index contributed by atoms with van der Waals surface area (Å²) in [7, 11) is 1.78. The molecule has 0 saturated carbocycles. The number of aliphatic hydroxyl groups excluding tert-OH is 1. The number of hydrogen-bond donors (Lipinski definition) is 3. The smallest absolute Gasteiger partial charge is 0.180 e. The summed E-state index contributed by atoms with van der Waals surface area (Å²) in [6.07, 6.45) is 0.190. The molecular formula is C13H19NO4. The Hall–Kier alpha value is -1.59. The third-order valence-electron chi connectivity index (χ3n) is 2.62. The zero-order valence-electron chi connectivity index (χ0n) is 10.6. The minimum Gasteiger partial charge on any atom is -0.508 e. The van der Waals surface area contributed by atoms with Crippen molar-refractivity contribution in [1.82, 2.24) is 4.90 Å². The van der Waals surface area contributed by atoms with E-state index in [1.54, 1.807) is 18.9 Å². The Morgan fingerprint density at radius 3 is 2.61 bits per heavy atom. The molecule has 0 amide bonds. The number of ketones is 1. The number of aromatic hydroxyl groups is 2. The molecule has 18 heavy (non-hydrogen) atoms. The number of benzene rings is 1. The van der Waals surface area contributed by atoms with Gasteiger partial charge in [0.15, 0.2) is 5.78 Å². The molecule has 5 heteroatoms. The standard InChI is InChI=1S/C13H19NO4/c1-9(15)5-6-14(2)8-13(18)11-4-3-10(16)7-12(11)17/h3-4,7,9,15-17H,5-6,8H2,1-2H3. The van der Waals surface area contributed by atoms with Crippen LogP contribution in [0.4, 0.5) is 0 Å². The minimum absolute atomic E-state index is 0.0773. The Morgan fingerprint density at radius 2 is 2.06 bits per heavy atom. The SMILES string of the molecule is CC(O)CCN(C)CC(=O)c1ccc(O)cc1O. The predicted molar refractivity (Wildman–Crippen MR) is 67.9 cm³/mol. The van der Waals surface area contributed by atoms with Crippen molar-refractivity contribution < 1.29 is 20.1 Å². The molecule has 1 rings (SSSR count). The van der Waals surface area contributed by atoms with Gasteiger partial charge in [0, 0.05) is 12.6 Å². The van der Waals surface area contributed by atoms with E-state index >= 15 is 0 Å². The van der Waals surface area contributed by atoms with Gasteiger partial charge in [0.25, 0.3) is 0 Å². The van der Waals surface area contributed by atoms with Crippen LogP contribution in [-0.2, 0) is 0 Å². The molecule has 0 bridgehead atoms. The number of carbonyl (C=O) groups excluding carboxylic acids is 1. The first-order valence-corrected chi connectivity index (χ1v) is 5.82. The van der Waals surface area contributed by atoms with Crippen molar-refractivity contribution in [3.05, 3.63) is 23.8 Å². The molecule has 0 radical (unpaired) electrons. The van der Waals surface area contributed by atoms with Crippen LogP contribution in [0.5, 0.6) is 11.5 Å². The topological polar surface area (TPSA) is 81.0 Å². The summed E-state index contributed by atoms with van der Waals surface area (Å²) in [5, 5.41) is 27.8. The molecule has 0 aliphatic carbocycles. The van der Waals surface area contributed by atoms with Crippen molar-refractivity contribution in [2.45, 2.75) is 19.4 Å². The van der Waals surface area contributed by atoms with Gasteiger partial charge in [-0.15, -0.1) is 0 Å². The van der Waals surface area contributed by atoms with E-state index in [0.717, 1.165) is 6.07 Å². The van der Waals surface area contributed by atoms with E-state index in [1.165, 1.54) is 12.1 Å². The summed E-state index contributed by atoms with van der Waals surface area (Å²) in [6.45, 7) is 2.45. The molecule has 100 valence electrons. The second-order valence-electron chi connectivity index (χ2n) is 4.50. The van der Waals surface area contributed by atoms with Gasteiger partial charge in [0.2, 0.25) is 0 Å². The fraction of sp³-hybridized carbons (Fsp3) is 0.462. The van der Waals surface area contributed by atoms with Crippen LogP contribution in [0.15, 0.2) is 18.2 Å². The molecule has 0 spiro atoms. The number of rotatable bonds is 6. The normalized spacial score (nSPS) is 12.7. The first-order chi connectivity index (χ1) is 8.40. The number of likely N-dealkylation sites (N-methyl/N-ethyl adjacent to an activating group) is 1. The zero-order valence-corrected chi connectivity index (χ0v) is 10.6. The lowest BCUT2D eigenvalue weighted by Gasteiger charge is -2.16. The van der Waals surface area contributed by atoms with Crippen LogP contribution in [0.3, 0.4) is 0 Å². The summed E-state index contributed by atoms with van der Waals surface area (Å²) in [6, 6.07) is 3.90. The Bertz CT molecular complexity index is 417. The van der Waals surface area contributed by atoms with Crippen LogP contribution >= 0.6 is 0 Å². The van der Waals surface area contributed by atoms with Crippen molar-refractivity contribution in [3.63, 3.8) is 0 Å². The Labute approximate surface area is 106 Å². The number of phenols is 2. The second-order valence-corrected chi connectivity index (χ2v) is 4.50. The number of carbonyl (C=O) groups is 1. The second kappa shape index (κ2) is 6.37. The summed E-state index contributed by atoms with van der Waals surface area (Å²) < 4.78 is 0. The highest BCUT2D eigenvalue weighted by Crippen LogP contribution is 2.22. The van der Waals surface area contributed by atoms with Gasteiger partial charge in [0.1, 0.15) is 11.5 Å². The van der Waals surface area contributed by atoms with E-state index in [1.807, 2.05) is 0 Å². The van der Waals surface area contributed by atoms with E-state index in [4.69, 9.17) is 10.2 Å². The summed E-state index contributed by atoms with van der Waals surface area (Å²) in [4.78, 5) is 13.7. The molecule has 1 aromatic rings. The number of aliphatic hydroxyl groups is 1. The van der Waals surface area contributed by atoms with Crippen molar-refractivity contribution in [2.75, 3.05) is 20.1 Å². The predicted octanol–water partition coefficient (Wildman–Crippen LogP) is 0.983. The highest BCUT2D eigenvalue weighted by atomic mass is 16.3. The maximum atomic E-state index is 11.9. The average molecular weight is 253 g/mol. The van der Waals surface area contributed by atoms with E-state index in [2.05, 4.69) is 0 Å². The third kappa shape index (κ3) is 4.35. The molecule has 0 fully saturated rings. The van der Waals surface area contributed by atoms with Gasteiger partial charge in [-0.25, -0.2) is 0 Å². The van der Waals surface area contributed by atoms with Gasteiger partial charge >= 0.3 is 0 Å². The zero-order chi connectivity index (χ0) is 13.7. The van der Waals surface area contributed by atoms with Crippen LogP contribution in [0.25, 0.3) is 0 Å². The van der Waals surface area contributed by atoms with Gasteiger partial charge in [-0.3, -0.25) is 9.69 Å². The largest absolute Gasteiger partial charge is 0.508 e. The Morgan fingerprint density at radius 1 is 1.39 bits per heavy atom.